The van der Waals surface area contributed by atoms with E-state index in [1.807, 2.05) is 36.1 Å². The number of hydrogen-bond donors (Lipinski definition) is 1. The number of ether oxygens (including phenoxy) is 1. The molecule has 0 bridgehead atoms. The van der Waals surface area contributed by atoms with Crippen LogP contribution in [0.3, 0.4) is 0 Å². The minimum Gasteiger partial charge on any atom is -0.492 e. The normalized spacial score (nSPS) is 15.0. The number of aromatic nitrogens is 2. The minimum absolute atomic E-state index is 0.0235. The van der Waals surface area contributed by atoms with Gasteiger partial charge in [0.05, 0.1) is 10.3 Å². The van der Waals surface area contributed by atoms with Gasteiger partial charge in [-0.3, -0.25) is 14.5 Å². The lowest BCUT2D eigenvalue weighted by atomic mass is 10.2. The Labute approximate surface area is 183 Å². The highest BCUT2D eigenvalue weighted by molar-refractivity contribution is 7.20. The molecule has 9 heteroatoms. The number of nitrogens with zero attached hydrogens (tertiary/aromatic N) is 3. The molecule has 1 aromatic carbocycles. The third-order valence-corrected chi connectivity index (χ3v) is 6.69. The number of hydrogen-bond acceptors (Lipinski definition) is 6. The minimum atomic E-state index is -0.184. The van der Waals surface area contributed by atoms with Gasteiger partial charge in [-0.2, -0.15) is 0 Å². The Hall–Kier alpha value is -2.42. The van der Waals surface area contributed by atoms with Crippen LogP contribution in [0.4, 0.5) is 0 Å². The highest BCUT2D eigenvalue weighted by Crippen LogP contribution is 2.28. The number of aryl methyl sites for hydroxylation is 2. The van der Waals surface area contributed by atoms with Crippen LogP contribution in [0, 0.1) is 13.8 Å². The Balaban J connectivity index is 1.34. The highest BCUT2D eigenvalue weighted by Gasteiger charge is 2.26. The molecule has 1 N–H and O–H groups in total. The maximum atomic E-state index is 13.1. The van der Waals surface area contributed by atoms with Gasteiger partial charge < -0.3 is 14.6 Å². The fourth-order valence-corrected chi connectivity index (χ4v) is 4.92. The molecule has 2 aromatic heterocycles. The number of rotatable bonds is 5. The molecule has 0 saturated carbocycles. The summed E-state index contributed by atoms with van der Waals surface area (Å²) < 4.78 is 5.76. The lowest BCUT2D eigenvalue weighted by molar-refractivity contribution is 0.0624. The molecule has 4 rings (SSSR count). The first-order valence-electron chi connectivity index (χ1n) is 9.82. The summed E-state index contributed by atoms with van der Waals surface area (Å²) in [6.07, 6.45) is 0. The Morgan fingerprint density at radius 2 is 1.90 bits per heavy atom. The number of H-pyrrole nitrogens is 1. The average Bonchev–Trinajstić information content (AvgIpc) is 3.06. The van der Waals surface area contributed by atoms with Gasteiger partial charge in [0.15, 0.2) is 0 Å². The Kier molecular flexibility index (Phi) is 6.08. The number of amides is 1. The van der Waals surface area contributed by atoms with Crippen molar-refractivity contribution in [3.63, 3.8) is 0 Å². The predicted molar refractivity (Wildman–Crippen MR) is 119 cm³/mol. The first-order valence-corrected chi connectivity index (χ1v) is 11.0. The molecule has 0 atom stereocenters. The van der Waals surface area contributed by atoms with Crippen LogP contribution in [0.15, 0.2) is 29.1 Å². The van der Waals surface area contributed by atoms with E-state index < -0.39 is 0 Å². The lowest BCUT2D eigenvalue weighted by Crippen LogP contribution is -2.49. The zero-order valence-electron chi connectivity index (χ0n) is 16.9. The summed E-state index contributed by atoms with van der Waals surface area (Å²) in [5, 5.41) is 1.21. The number of nitrogens with one attached hydrogen (secondary N) is 1. The summed E-state index contributed by atoms with van der Waals surface area (Å²) in [5.74, 6) is 1.33. The molecule has 1 saturated heterocycles. The van der Waals surface area contributed by atoms with E-state index >= 15 is 0 Å². The van der Waals surface area contributed by atoms with E-state index in [-0.39, 0.29) is 11.5 Å². The first-order chi connectivity index (χ1) is 14.4. The van der Waals surface area contributed by atoms with Crippen LogP contribution in [-0.2, 0) is 0 Å². The van der Waals surface area contributed by atoms with Crippen molar-refractivity contribution in [1.29, 1.82) is 0 Å². The SMILES string of the molecule is Cc1nc2sc(C(=O)N3CCN(CCOc4ccc(Cl)cc4)CC3)c(C)c2c(=O)[nH]1. The van der Waals surface area contributed by atoms with E-state index in [2.05, 4.69) is 14.9 Å². The Morgan fingerprint density at radius 3 is 2.60 bits per heavy atom. The van der Waals surface area contributed by atoms with Gasteiger partial charge in [0.1, 0.15) is 23.0 Å². The quantitative estimate of drug-likeness (QED) is 0.651. The molecule has 0 spiro atoms. The second-order valence-corrected chi connectivity index (χ2v) is 8.76. The van der Waals surface area contributed by atoms with Crippen LogP contribution in [0.1, 0.15) is 21.1 Å². The zero-order chi connectivity index (χ0) is 21.3. The number of thiophene rings is 1. The summed E-state index contributed by atoms with van der Waals surface area (Å²) in [4.78, 5) is 37.8. The van der Waals surface area contributed by atoms with E-state index in [0.717, 1.165) is 25.4 Å². The van der Waals surface area contributed by atoms with Crippen LogP contribution in [-0.4, -0.2) is 65.0 Å². The number of carbonyl (C=O) groups is 1. The topological polar surface area (TPSA) is 78.5 Å². The summed E-state index contributed by atoms with van der Waals surface area (Å²) in [6, 6.07) is 7.32. The molecule has 3 heterocycles. The van der Waals surface area contributed by atoms with Crippen molar-refractivity contribution in [1.82, 2.24) is 19.8 Å². The van der Waals surface area contributed by atoms with E-state index in [4.69, 9.17) is 16.3 Å². The van der Waals surface area contributed by atoms with Gasteiger partial charge in [-0.25, -0.2) is 4.98 Å². The number of benzene rings is 1. The molecular formula is C21H23ClN4O3S. The van der Waals surface area contributed by atoms with Gasteiger partial charge in [0, 0.05) is 37.7 Å². The molecular weight excluding hydrogens is 424 g/mol. The van der Waals surface area contributed by atoms with Gasteiger partial charge in [-0.1, -0.05) is 11.6 Å². The summed E-state index contributed by atoms with van der Waals surface area (Å²) in [5.41, 5.74) is 0.531. The van der Waals surface area contributed by atoms with Gasteiger partial charge in [-0.15, -0.1) is 11.3 Å². The third-order valence-electron chi connectivity index (χ3n) is 5.26. The van der Waals surface area contributed by atoms with Crippen molar-refractivity contribution in [3.05, 3.63) is 55.9 Å². The molecule has 3 aromatic rings. The Bertz CT molecular complexity index is 1120. The number of fused-ring (bicyclic) bond motifs is 1. The predicted octanol–water partition coefficient (Wildman–Crippen LogP) is 3.09. The van der Waals surface area contributed by atoms with Crippen LogP contribution < -0.4 is 10.3 Å². The van der Waals surface area contributed by atoms with E-state index in [9.17, 15) is 9.59 Å². The Morgan fingerprint density at radius 1 is 1.20 bits per heavy atom. The summed E-state index contributed by atoms with van der Waals surface area (Å²) in [7, 11) is 0. The fourth-order valence-electron chi connectivity index (χ4n) is 3.60. The first kappa shape index (κ1) is 20.8. The second-order valence-electron chi connectivity index (χ2n) is 7.32. The number of piperazine rings is 1. The van der Waals surface area contributed by atoms with Gasteiger partial charge in [0.25, 0.3) is 11.5 Å². The summed E-state index contributed by atoms with van der Waals surface area (Å²) in [6.45, 7) is 7.82. The third kappa shape index (κ3) is 4.35. The van der Waals surface area contributed by atoms with Crippen molar-refractivity contribution in [2.75, 3.05) is 39.3 Å². The number of carbonyl (C=O) groups excluding carboxylic acids is 1. The molecule has 1 aliphatic rings. The lowest BCUT2D eigenvalue weighted by Gasteiger charge is -2.34. The molecule has 30 heavy (non-hydrogen) atoms. The summed E-state index contributed by atoms with van der Waals surface area (Å²) >= 11 is 7.18. The monoisotopic (exact) mass is 446 g/mol. The fraction of sp³-hybridized carbons (Fsp3) is 0.381. The maximum absolute atomic E-state index is 13.1. The molecule has 0 aliphatic carbocycles. The smallest absolute Gasteiger partial charge is 0.264 e. The number of aromatic amines is 1. The molecule has 0 unspecified atom stereocenters. The molecule has 1 fully saturated rings. The largest absolute Gasteiger partial charge is 0.492 e. The molecule has 1 aliphatic heterocycles. The number of halogens is 1. The second kappa shape index (κ2) is 8.75. The van der Waals surface area contributed by atoms with Gasteiger partial charge >= 0.3 is 0 Å². The van der Waals surface area contributed by atoms with Crippen LogP contribution in [0.5, 0.6) is 5.75 Å². The van der Waals surface area contributed by atoms with E-state index in [1.54, 1.807) is 6.92 Å². The van der Waals surface area contributed by atoms with E-state index in [0.29, 0.717) is 51.2 Å². The molecule has 0 radical (unpaired) electrons. The van der Waals surface area contributed by atoms with Crippen molar-refractivity contribution in [2.24, 2.45) is 0 Å². The standard InChI is InChI=1S/C21H23ClN4O3S/c1-13-17-19(27)23-14(2)24-20(17)30-18(13)21(28)26-9-7-25(8-10-26)11-12-29-16-5-3-15(22)4-6-16/h3-6H,7-12H2,1-2H3,(H,23,24,27). The van der Waals surface area contributed by atoms with Crippen LogP contribution in [0.25, 0.3) is 10.2 Å². The highest BCUT2D eigenvalue weighted by atomic mass is 35.5. The van der Waals surface area contributed by atoms with Crippen molar-refractivity contribution in [2.45, 2.75) is 13.8 Å². The molecule has 158 valence electrons. The van der Waals surface area contributed by atoms with Crippen molar-refractivity contribution in [3.8, 4) is 5.75 Å². The van der Waals surface area contributed by atoms with Gasteiger partial charge in [-0.05, 0) is 43.7 Å². The maximum Gasteiger partial charge on any atom is 0.264 e. The average molecular weight is 447 g/mol. The van der Waals surface area contributed by atoms with Crippen LogP contribution >= 0.6 is 22.9 Å². The molecule has 1 amide bonds. The zero-order valence-corrected chi connectivity index (χ0v) is 18.5. The van der Waals surface area contributed by atoms with Gasteiger partial charge in [0.2, 0.25) is 0 Å². The van der Waals surface area contributed by atoms with Crippen molar-refractivity contribution >= 4 is 39.1 Å². The van der Waals surface area contributed by atoms with E-state index in [1.165, 1.54) is 11.3 Å². The molecule has 7 nitrogen and oxygen atoms in total. The van der Waals surface area contributed by atoms with Crippen molar-refractivity contribution < 1.29 is 9.53 Å². The van der Waals surface area contributed by atoms with Crippen LogP contribution in [0.2, 0.25) is 5.02 Å².